The summed E-state index contributed by atoms with van der Waals surface area (Å²) >= 11 is 0. The Morgan fingerprint density at radius 3 is 2.52 bits per heavy atom. The van der Waals surface area contributed by atoms with Gasteiger partial charge in [0.05, 0.1) is 11.3 Å². The van der Waals surface area contributed by atoms with Crippen LogP contribution in [0.4, 0.5) is 13.2 Å². The first-order chi connectivity index (χ1) is 15.7. The third kappa shape index (κ3) is 6.34. The molecule has 2 aromatic rings. The molecule has 0 aliphatic heterocycles. The number of likely N-dealkylation sites (N-methyl/N-ethyl adjacent to an activating group) is 1. The monoisotopic (exact) mass is 461 g/mol. The van der Waals surface area contributed by atoms with E-state index in [1.807, 2.05) is 13.0 Å². The van der Waals surface area contributed by atoms with Gasteiger partial charge in [0, 0.05) is 18.2 Å². The lowest BCUT2D eigenvalue weighted by atomic mass is 9.98. The Bertz CT molecular complexity index is 1060. The van der Waals surface area contributed by atoms with Gasteiger partial charge in [-0.3, -0.25) is 4.79 Å². The average molecular weight is 461 g/mol. The molecule has 0 atom stereocenters. The lowest BCUT2D eigenvalue weighted by Gasteiger charge is -2.14. The lowest BCUT2D eigenvalue weighted by molar-refractivity contribution is -0.137. The molecule has 0 radical (unpaired) electrons. The molecule has 0 heterocycles. The van der Waals surface area contributed by atoms with E-state index >= 15 is 0 Å². The average Bonchev–Trinajstić information content (AvgIpc) is 3.61. The molecule has 0 spiro atoms. The smallest absolute Gasteiger partial charge is 0.398 e. The number of oxime groups is 2. The van der Waals surface area contributed by atoms with Crippen molar-refractivity contribution < 1.29 is 27.6 Å². The van der Waals surface area contributed by atoms with Crippen LogP contribution in [0.2, 0.25) is 0 Å². The number of hydrogen-bond acceptors (Lipinski definition) is 5. The van der Waals surface area contributed by atoms with Crippen molar-refractivity contribution in [2.45, 2.75) is 39.0 Å². The van der Waals surface area contributed by atoms with Crippen molar-refractivity contribution >= 4 is 17.3 Å². The van der Waals surface area contributed by atoms with Gasteiger partial charge >= 0.3 is 6.18 Å². The molecular weight excluding hydrogens is 435 g/mol. The van der Waals surface area contributed by atoms with E-state index < -0.39 is 17.6 Å². The summed E-state index contributed by atoms with van der Waals surface area (Å²) in [5.41, 5.74) is 2.26. The maximum absolute atomic E-state index is 13.2. The van der Waals surface area contributed by atoms with Gasteiger partial charge in [-0.15, -0.1) is 0 Å². The summed E-state index contributed by atoms with van der Waals surface area (Å²) in [5, 5.41) is 10.6. The molecule has 0 aromatic heterocycles. The molecule has 1 fully saturated rings. The van der Waals surface area contributed by atoms with E-state index in [1.165, 1.54) is 20.2 Å². The Morgan fingerprint density at radius 2 is 1.88 bits per heavy atom. The van der Waals surface area contributed by atoms with Crippen molar-refractivity contribution in [3.05, 3.63) is 70.3 Å². The number of nitrogens with one attached hydrogen (secondary N) is 1. The van der Waals surface area contributed by atoms with Crippen LogP contribution >= 0.6 is 0 Å². The van der Waals surface area contributed by atoms with E-state index in [9.17, 15) is 18.0 Å². The van der Waals surface area contributed by atoms with Gasteiger partial charge in [-0.2, -0.15) is 13.2 Å². The molecular formula is C24H26F3N3O3. The Labute approximate surface area is 190 Å². The zero-order valence-corrected chi connectivity index (χ0v) is 18.7. The zero-order chi connectivity index (χ0) is 24.0. The minimum Gasteiger partial charge on any atom is -0.398 e. The first-order valence-corrected chi connectivity index (χ1v) is 10.5. The second-order valence-corrected chi connectivity index (χ2v) is 7.84. The highest BCUT2D eigenvalue weighted by atomic mass is 19.4. The third-order valence-electron chi connectivity index (χ3n) is 5.38. The Kier molecular flexibility index (Phi) is 7.73. The summed E-state index contributed by atoms with van der Waals surface area (Å²) < 4.78 is 39.5. The summed E-state index contributed by atoms with van der Waals surface area (Å²) in [5.74, 6) is -0.0322. The first-order valence-electron chi connectivity index (χ1n) is 10.5. The molecule has 33 heavy (non-hydrogen) atoms. The van der Waals surface area contributed by atoms with Crippen molar-refractivity contribution in [2.75, 3.05) is 14.2 Å². The predicted molar refractivity (Wildman–Crippen MR) is 119 cm³/mol. The molecule has 176 valence electrons. The van der Waals surface area contributed by atoms with E-state index in [0.29, 0.717) is 34.7 Å². The highest BCUT2D eigenvalue weighted by molar-refractivity contribution is 6.45. The number of amides is 1. The Hall–Kier alpha value is -3.36. The van der Waals surface area contributed by atoms with Crippen molar-refractivity contribution in [1.82, 2.24) is 5.32 Å². The summed E-state index contributed by atoms with van der Waals surface area (Å²) in [4.78, 5) is 22.8. The van der Waals surface area contributed by atoms with E-state index in [-0.39, 0.29) is 12.3 Å². The second kappa shape index (κ2) is 10.5. The third-order valence-corrected chi connectivity index (χ3v) is 5.38. The molecule has 1 aliphatic rings. The van der Waals surface area contributed by atoms with Gasteiger partial charge in [0.15, 0.2) is 5.71 Å². The van der Waals surface area contributed by atoms with Crippen LogP contribution in [0.15, 0.2) is 52.8 Å². The van der Waals surface area contributed by atoms with Gasteiger partial charge in [-0.05, 0) is 55.4 Å². The first kappa shape index (κ1) is 24.3. The molecule has 0 saturated heterocycles. The molecule has 0 bridgehead atoms. The van der Waals surface area contributed by atoms with Gasteiger partial charge in [-0.25, -0.2) is 0 Å². The minimum absolute atomic E-state index is 0.00879. The van der Waals surface area contributed by atoms with Crippen LogP contribution in [0.5, 0.6) is 0 Å². The van der Waals surface area contributed by atoms with Crippen LogP contribution in [0.1, 0.15) is 47.1 Å². The van der Waals surface area contributed by atoms with Crippen LogP contribution in [-0.4, -0.2) is 31.5 Å². The number of hydrogen-bond donors (Lipinski definition) is 1. The maximum Gasteiger partial charge on any atom is 0.416 e. The maximum atomic E-state index is 13.2. The van der Waals surface area contributed by atoms with Crippen LogP contribution in [-0.2, 0) is 27.3 Å². The molecule has 1 aliphatic carbocycles. The fourth-order valence-electron chi connectivity index (χ4n) is 3.39. The Morgan fingerprint density at radius 1 is 1.15 bits per heavy atom. The number of rotatable bonds is 9. The van der Waals surface area contributed by atoms with E-state index in [0.717, 1.165) is 30.5 Å². The second-order valence-electron chi connectivity index (χ2n) is 7.84. The van der Waals surface area contributed by atoms with Crippen molar-refractivity contribution in [3.63, 3.8) is 0 Å². The lowest BCUT2D eigenvalue weighted by Crippen LogP contribution is -2.29. The standard InChI is InChI=1S/C24H26F3N3O3/c1-15-6-4-9-19(22(30-32-3)23(31)28-2)20(15)14-33-29-21(12-16-10-11-16)17-7-5-8-18(13-17)24(25,26)27/h4-9,13,16H,10-12,14H2,1-3H3,(H,28,31)/b29-21+,30-22+. The predicted octanol–water partition coefficient (Wildman–Crippen LogP) is 4.83. The van der Waals surface area contributed by atoms with Crippen LogP contribution in [0.25, 0.3) is 0 Å². The zero-order valence-electron chi connectivity index (χ0n) is 18.7. The summed E-state index contributed by atoms with van der Waals surface area (Å²) in [7, 11) is 2.83. The van der Waals surface area contributed by atoms with Crippen molar-refractivity contribution in [3.8, 4) is 0 Å². The molecule has 2 aromatic carbocycles. The van der Waals surface area contributed by atoms with Gasteiger partial charge in [0.25, 0.3) is 5.91 Å². The quantitative estimate of drug-likeness (QED) is 0.429. The normalized spacial score (nSPS) is 14.7. The van der Waals surface area contributed by atoms with Gasteiger partial charge in [0.2, 0.25) is 0 Å². The van der Waals surface area contributed by atoms with Crippen molar-refractivity contribution in [1.29, 1.82) is 0 Å². The highest BCUT2D eigenvalue weighted by Crippen LogP contribution is 2.35. The van der Waals surface area contributed by atoms with Gasteiger partial charge in [0.1, 0.15) is 13.7 Å². The number of carbonyl (C=O) groups is 1. The number of alkyl halides is 3. The topological polar surface area (TPSA) is 72.3 Å². The fraction of sp³-hybridized carbons (Fsp3) is 0.375. The number of halogens is 3. The summed E-state index contributed by atoms with van der Waals surface area (Å²) in [6.45, 7) is 1.87. The van der Waals surface area contributed by atoms with Crippen LogP contribution in [0.3, 0.4) is 0 Å². The fourth-order valence-corrected chi connectivity index (χ4v) is 3.39. The molecule has 9 heteroatoms. The van der Waals surface area contributed by atoms with E-state index in [2.05, 4.69) is 15.6 Å². The number of aryl methyl sites for hydroxylation is 1. The van der Waals surface area contributed by atoms with Gasteiger partial charge < -0.3 is 15.0 Å². The molecule has 1 N–H and O–H groups in total. The molecule has 1 amide bonds. The van der Waals surface area contributed by atoms with Crippen molar-refractivity contribution in [2.24, 2.45) is 16.2 Å². The largest absolute Gasteiger partial charge is 0.416 e. The molecule has 0 unspecified atom stereocenters. The number of nitrogens with zero attached hydrogens (tertiary/aromatic N) is 2. The molecule has 1 saturated carbocycles. The number of carbonyl (C=O) groups excluding carboxylic acids is 1. The molecule has 6 nitrogen and oxygen atoms in total. The van der Waals surface area contributed by atoms with Crippen LogP contribution < -0.4 is 5.32 Å². The number of benzene rings is 2. The summed E-state index contributed by atoms with van der Waals surface area (Å²) in [6.07, 6.45) is -1.86. The SMILES string of the molecule is CNC(=O)/C(=N/OC)c1cccc(C)c1CO/N=C(\CC1CC1)c1cccc(C(F)(F)F)c1. The van der Waals surface area contributed by atoms with Gasteiger partial charge in [-0.1, -0.05) is 40.6 Å². The molecule has 3 rings (SSSR count). The van der Waals surface area contributed by atoms with Crippen LogP contribution in [0, 0.1) is 12.8 Å². The Balaban J connectivity index is 1.89. The van der Waals surface area contributed by atoms with E-state index in [1.54, 1.807) is 18.2 Å². The minimum atomic E-state index is -4.44. The summed E-state index contributed by atoms with van der Waals surface area (Å²) in [6, 6.07) is 10.5. The van der Waals surface area contributed by atoms with E-state index in [4.69, 9.17) is 9.68 Å². The highest BCUT2D eigenvalue weighted by Gasteiger charge is 2.31.